The Hall–Kier alpha value is -2.82. The van der Waals surface area contributed by atoms with E-state index in [1.807, 2.05) is 48.5 Å². The Labute approximate surface area is 155 Å². The van der Waals surface area contributed by atoms with Crippen molar-refractivity contribution in [2.24, 2.45) is 5.10 Å². The van der Waals surface area contributed by atoms with Crippen molar-refractivity contribution in [3.8, 4) is 11.5 Å². The molecule has 0 bridgehead atoms. The molecular formula is C21H26N2O3. The number of hydrazone groups is 1. The highest BCUT2D eigenvalue weighted by atomic mass is 16.5. The third-order valence-electron chi connectivity index (χ3n) is 3.52. The molecule has 0 aliphatic carbocycles. The van der Waals surface area contributed by atoms with Crippen LogP contribution in [0.1, 0.15) is 37.8 Å². The molecule has 2 aromatic rings. The molecule has 5 heteroatoms. The van der Waals surface area contributed by atoms with Crippen molar-refractivity contribution in [1.29, 1.82) is 0 Å². The minimum Gasteiger partial charge on any atom is -0.493 e. The van der Waals surface area contributed by atoms with E-state index in [4.69, 9.17) is 9.47 Å². The quantitative estimate of drug-likeness (QED) is 0.519. The van der Waals surface area contributed by atoms with Crippen LogP contribution in [0.2, 0.25) is 0 Å². The van der Waals surface area contributed by atoms with Crippen LogP contribution >= 0.6 is 0 Å². The number of hydrogen-bond donors (Lipinski definition) is 1. The van der Waals surface area contributed by atoms with Gasteiger partial charge in [-0.3, -0.25) is 4.79 Å². The molecule has 26 heavy (non-hydrogen) atoms. The summed E-state index contributed by atoms with van der Waals surface area (Å²) in [5.74, 6) is 1.30. The minimum atomic E-state index is -0.161. The zero-order chi connectivity index (χ0) is 18.6. The monoisotopic (exact) mass is 354 g/mol. The molecule has 5 nitrogen and oxygen atoms in total. The number of rotatable bonds is 10. The van der Waals surface area contributed by atoms with Gasteiger partial charge >= 0.3 is 0 Å². The van der Waals surface area contributed by atoms with E-state index < -0.39 is 0 Å². The lowest BCUT2D eigenvalue weighted by atomic mass is 10.1. The zero-order valence-electron chi connectivity index (χ0n) is 15.4. The lowest BCUT2D eigenvalue weighted by molar-refractivity contribution is -0.120. The summed E-state index contributed by atoms with van der Waals surface area (Å²) in [5, 5.41) is 4.05. The number of carbonyl (C=O) groups excluding carboxylic acids is 1. The summed E-state index contributed by atoms with van der Waals surface area (Å²) in [6.07, 6.45) is 3.74. The maximum Gasteiger partial charge on any atom is 0.244 e. The highest BCUT2D eigenvalue weighted by molar-refractivity contribution is 5.86. The van der Waals surface area contributed by atoms with Crippen LogP contribution in [0.5, 0.6) is 11.5 Å². The van der Waals surface area contributed by atoms with Gasteiger partial charge in [0.25, 0.3) is 0 Å². The van der Waals surface area contributed by atoms with E-state index in [0.29, 0.717) is 25.4 Å². The second-order valence-electron chi connectivity index (χ2n) is 5.85. The first-order valence-electron chi connectivity index (χ1n) is 8.98. The van der Waals surface area contributed by atoms with E-state index >= 15 is 0 Å². The fraction of sp³-hybridized carbons (Fsp3) is 0.333. The lowest BCUT2D eigenvalue weighted by Crippen LogP contribution is -2.19. The predicted molar refractivity (Wildman–Crippen MR) is 104 cm³/mol. The van der Waals surface area contributed by atoms with E-state index in [2.05, 4.69) is 24.4 Å². The van der Waals surface area contributed by atoms with Crippen LogP contribution in [0, 0.1) is 0 Å². The van der Waals surface area contributed by atoms with E-state index in [1.54, 1.807) is 6.21 Å². The standard InChI is InChI=1S/C21H26N2O3/c1-3-12-25-19-11-10-18(20(15-19)26-13-4-2)16-22-23-21(24)14-17-8-6-5-7-9-17/h5-11,15-16H,3-4,12-14H2,1-2H3,(H,23,24)/b22-16-. The Morgan fingerprint density at radius 1 is 1.04 bits per heavy atom. The summed E-state index contributed by atoms with van der Waals surface area (Å²) in [7, 11) is 0. The maximum absolute atomic E-state index is 12.0. The van der Waals surface area contributed by atoms with Crippen molar-refractivity contribution in [1.82, 2.24) is 5.43 Å². The molecule has 0 unspecified atom stereocenters. The molecule has 0 heterocycles. The van der Waals surface area contributed by atoms with Crippen LogP contribution in [0.3, 0.4) is 0 Å². The molecule has 2 aromatic carbocycles. The van der Waals surface area contributed by atoms with E-state index in [0.717, 1.165) is 29.7 Å². The summed E-state index contributed by atoms with van der Waals surface area (Å²) in [5.41, 5.74) is 4.30. The molecule has 0 spiro atoms. The number of hydrogen-bond acceptors (Lipinski definition) is 4. The highest BCUT2D eigenvalue weighted by Gasteiger charge is 2.06. The Balaban J connectivity index is 1.99. The number of carbonyl (C=O) groups is 1. The smallest absolute Gasteiger partial charge is 0.244 e. The summed E-state index contributed by atoms with van der Waals surface area (Å²) < 4.78 is 11.4. The fourth-order valence-corrected chi connectivity index (χ4v) is 2.26. The molecule has 0 aliphatic rings. The number of nitrogens with zero attached hydrogens (tertiary/aromatic N) is 1. The summed E-state index contributed by atoms with van der Waals surface area (Å²) in [4.78, 5) is 12.0. The van der Waals surface area contributed by atoms with Crippen LogP contribution in [0.15, 0.2) is 53.6 Å². The first-order valence-corrected chi connectivity index (χ1v) is 8.98. The van der Waals surface area contributed by atoms with Gasteiger partial charge in [0.1, 0.15) is 11.5 Å². The molecular weight excluding hydrogens is 328 g/mol. The van der Waals surface area contributed by atoms with Crippen molar-refractivity contribution in [2.75, 3.05) is 13.2 Å². The van der Waals surface area contributed by atoms with Crippen LogP contribution in [-0.4, -0.2) is 25.3 Å². The molecule has 0 saturated heterocycles. The van der Waals surface area contributed by atoms with Gasteiger partial charge in [0.15, 0.2) is 0 Å². The molecule has 1 amide bonds. The molecule has 0 atom stereocenters. The molecule has 1 N–H and O–H groups in total. The first kappa shape index (κ1) is 19.5. The van der Waals surface area contributed by atoms with Crippen molar-refractivity contribution in [3.05, 3.63) is 59.7 Å². The second kappa shape index (κ2) is 10.9. The molecule has 0 fully saturated rings. The molecule has 138 valence electrons. The highest BCUT2D eigenvalue weighted by Crippen LogP contribution is 2.24. The molecule has 0 saturated carbocycles. The van der Waals surface area contributed by atoms with Gasteiger partial charge in [0.2, 0.25) is 5.91 Å². The Morgan fingerprint density at radius 2 is 1.77 bits per heavy atom. The number of benzene rings is 2. The van der Waals surface area contributed by atoms with Gasteiger partial charge in [0, 0.05) is 11.6 Å². The topological polar surface area (TPSA) is 59.9 Å². The Morgan fingerprint density at radius 3 is 2.50 bits per heavy atom. The number of nitrogens with one attached hydrogen (secondary N) is 1. The van der Waals surface area contributed by atoms with Crippen LogP contribution in [0.25, 0.3) is 0 Å². The van der Waals surface area contributed by atoms with Gasteiger partial charge in [-0.1, -0.05) is 44.2 Å². The van der Waals surface area contributed by atoms with E-state index in [1.165, 1.54) is 0 Å². The first-order chi connectivity index (χ1) is 12.7. The predicted octanol–water partition coefficient (Wildman–Crippen LogP) is 3.96. The largest absolute Gasteiger partial charge is 0.493 e. The van der Waals surface area contributed by atoms with Crippen molar-refractivity contribution in [2.45, 2.75) is 33.1 Å². The number of amides is 1. The lowest BCUT2D eigenvalue weighted by Gasteiger charge is -2.11. The van der Waals surface area contributed by atoms with Crippen LogP contribution in [-0.2, 0) is 11.2 Å². The average Bonchev–Trinajstić information content (AvgIpc) is 2.66. The van der Waals surface area contributed by atoms with Gasteiger partial charge in [-0.2, -0.15) is 5.10 Å². The van der Waals surface area contributed by atoms with Crippen molar-refractivity contribution >= 4 is 12.1 Å². The second-order valence-corrected chi connectivity index (χ2v) is 5.85. The van der Waals surface area contributed by atoms with Crippen LogP contribution in [0.4, 0.5) is 0 Å². The summed E-state index contributed by atoms with van der Waals surface area (Å²) >= 11 is 0. The van der Waals surface area contributed by atoms with Gasteiger partial charge in [-0.05, 0) is 30.5 Å². The molecule has 0 aromatic heterocycles. The van der Waals surface area contributed by atoms with Crippen molar-refractivity contribution < 1.29 is 14.3 Å². The van der Waals surface area contributed by atoms with Gasteiger partial charge in [-0.15, -0.1) is 0 Å². The normalized spacial score (nSPS) is 10.7. The Bertz CT molecular complexity index is 714. The van der Waals surface area contributed by atoms with Gasteiger partial charge in [-0.25, -0.2) is 5.43 Å². The minimum absolute atomic E-state index is 0.161. The molecule has 2 rings (SSSR count). The average molecular weight is 354 g/mol. The number of ether oxygens (including phenoxy) is 2. The summed E-state index contributed by atoms with van der Waals surface area (Å²) in [6.45, 7) is 5.39. The SMILES string of the molecule is CCCOc1ccc(/C=N\NC(=O)Cc2ccccc2)c(OCCC)c1. The summed E-state index contributed by atoms with van der Waals surface area (Å²) in [6, 6.07) is 15.2. The van der Waals surface area contributed by atoms with Crippen LogP contribution < -0.4 is 14.9 Å². The third-order valence-corrected chi connectivity index (χ3v) is 3.52. The maximum atomic E-state index is 12.0. The van der Waals surface area contributed by atoms with E-state index in [9.17, 15) is 4.79 Å². The van der Waals surface area contributed by atoms with Gasteiger partial charge < -0.3 is 9.47 Å². The van der Waals surface area contributed by atoms with E-state index in [-0.39, 0.29) is 5.91 Å². The van der Waals surface area contributed by atoms with Crippen molar-refractivity contribution in [3.63, 3.8) is 0 Å². The molecule has 0 radical (unpaired) electrons. The van der Waals surface area contributed by atoms with Gasteiger partial charge in [0.05, 0.1) is 25.8 Å². The molecule has 0 aliphatic heterocycles. The fourth-order valence-electron chi connectivity index (χ4n) is 2.26. The third kappa shape index (κ3) is 6.59. The Kier molecular flexibility index (Phi) is 8.19. The zero-order valence-corrected chi connectivity index (χ0v) is 15.4.